The number of anilines is 2. The van der Waals surface area contributed by atoms with Crippen molar-refractivity contribution in [2.75, 3.05) is 11.1 Å². The molecule has 0 radical (unpaired) electrons. The Balaban J connectivity index is 1.98. The highest BCUT2D eigenvalue weighted by atomic mass is 79.9. The number of nitrogen functional groups attached to an aromatic ring is 1. The molecule has 24 heavy (non-hydrogen) atoms. The summed E-state index contributed by atoms with van der Waals surface area (Å²) in [6.45, 7) is 2.02. The minimum Gasteiger partial charge on any atom is -0.397 e. The number of nitrogens with one attached hydrogen (secondary N) is 1. The van der Waals surface area contributed by atoms with Crippen LogP contribution in [-0.4, -0.2) is 15.9 Å². The zero-order valence-corrected chi connectivity index (χ0v) is 14.5. The molecule has 6 heteroatoms. The van der Waals surface area contributed by atoms with E-state index in [0.29, 0.717) is 16.0 Å². The SMILES string of the molecule is Cc1ccccc1-c1ccncc1NC(=O)c1nc(Br)ccc1N. The molecule has 0 bridgehead atoms. The van der Waals surface area contributed by atoms with Gasteiger partial charge in [-0.2, -0.15) is 0 Å². The summed E-state index contributed by atoms with van der Waals surface area (Å²) < 4.78 is 0.548. The molecule has 0 spiro atoms. The van der Waals surface area contributed by atoms with Crippen molar-refractivity contribution in [1.29, 1.82) is 0 Å². The Kier molecular flexibility index (Phi) is 4.57. The van der Waals surface area contributed by atoms with Crippen LogP contribution in [0.15, 0.2) is 59.5 Å². The second-order valence-corrected chi connectivity index (χ2v) is 6.07. The van der Waals surface area contributed by atoms with E-state index in [-0.39, 0.29) is 11.6 Å². The molecule has 3 rings (SSSR count). The second-order valence-electron chi connectivity index (χ2n) is 5.26. The lowest BCUT2D eigenvalue weighted by Gasteiger charge is -2.13. The van der Waals surface area contributed by atoms with Gasteiger partial charge in [-0.15, -0.1) is 0 Å². The van der Waals surface area contributed by atoms with Crippen LogP contribution in [0.2, 0.25) is 0 Å². The molecule has 2 heterocycles. The maximum Gasteiger partial charge on any atom is 0.276 e. The normalized spacial score (nSPS) is 10.4. The van der Waals surface area contributed by atoms with Crippen LogP contribution in [0.5, 0.6) is 0 Å². The summed E-state index contributed by atoms with van der Waals surface area (Å²) in [5, 5.41) is 2.86. The molecular formula is C18H15BrN4O. The van der Waals surface area contributed by atoms with Gasteiger partial charge in [0.2, 0.25) is 0 Å². The van der Waals surface area contributed by atoms with Crippen molar-refractivity contribution in [2.45, 2.75) is 6.92 Å². The zero-order chi connectivity index (χ0) is 17.1. The van der Waals surface area contributed by atoms with Gasteiger partial charge in [0.25, 0.3) is 5.91 Å². The number of carbonyl (C=O) groups is 1. The number of carbonyl (C=O) groups excluding carboxylic acids is 1. The fraction of sp³-hybridized carbons (Fsp3) is 0.0556. The van der Waals surface area contributed by atoms with Crippen LogP contribution < -0.4 is 11.1 Å². The van der Waals surface area contributed by atoms with Gasteiger partial charge in [0.1, 0.15) is 4.60 Å². The molecule has 120 valence electrons. The second kappa shape index (κ2) is 6.80. The predicted octanol–water partition coefficient (Wildman–Crippen LogP) is 4.05. The average Bonchev–Trinajstić information content (AvgIpc) is 2.58. The van der Waals surface area contributed by atoms with Gasteiger partial charge in [0.05, 0.1) is 17.6 Å². The zero-order valence-electron chi connectivity index (χ0n) is 13.0. The number of nitrogens with two attached hydrogens (primary N) is 1. The minimum absolute atomic E-state index is 0.170. The number of hydrogen-bond donors (Lipinski definition) is 2. The van der Waals surface area contributed by atoms with E-state index in [1.165, 1.54) is 0 Å². The number of nitrogens with zero attached hydrogens (tertiary/aromatic N) is 2. The first-order valence-corrected chi connectivity index (χ1v) is 8.09. The van der Waals surface area contributed by atoms with Crippen LogP contribution in [0.1, 0.15) is 16.1 Å². The highest BCUT2D eigenvalue weighted by molar-refractivity contribution is 9.10. The van der Waals surface area contributed by atoms with Crippen molar-refractivity contribution in [1.82, 2.24) is 9.97 Å². The quantitative estimate of drug-likeness (QED) is 0.669. The third kappa shape index (κ3) is 3.28. The fourth-order valence-electron chi connectivity index (χ4n) is 2.41. The molecule has 0 saturated heterocycles. The van der Waals surface area contributed by atoms with Gasteiger partial charge in [-0.05, 0) is 52.2 Å². The van der Waals surface area contributed by atoms with Crippen molar-refractivity contribution in [3.63, 3.8) is 0 Å². The van der Waals surface area contributed by atoms with Crippen LogP contribution in [0, 0.1) is 6.92 Å². The molecule has 0 unspecified atom stereocenters. The molecule has 3 aromatic rings. The Hall–Kier alpha value is -2.73. The van der Waals surface area contributed by atoms with Crippen molar-refractivity contribution >= 4 is 33.2 Å². The molecule has 0 atom stereocenters. The predicted molar refractivity (Wildman–Crippen MR) is 98.7 cm³/mol. The third-order valence-corrected chi connectivity index (χ3v) is 4.05. The Morgan fingerprint density at radius 3 is 2.71 bits per heavy atom. The first kappa shape index (κ1) is 16.1. The molecule has 0 aliphatic carbocycles. The van der Waals surface area contributed by atoms with E-state index < -0.39 is 0 Å². The summed E-state index contributed by atoms with van der Waals surface area (Å²) in [6, 6.07) is 13.2. The number of benzene rings is 1. The van der Waals surface area contributed by atoms with Crippen LogP contribution in [0.3, 0.4) is 0 Å². The standard InChI is InChI=1S/C18H15BrN4O/c1-11-4-2-3-5-12(11)13-8-9-21-10-15(13)22-18(24)17-14(20)6-7-16(19)23-17/h2-10H,20H2,1H3,(H,22,24). The summed E-state index contributed by atoms with van der Waals surface area (Å²) in [7, 11) is 0. The molecular weight excluding hydrogens is 368 g/mol. The molecule has 2 aromatic heterocycles. The molecule has 0 aliphatic heterocycles. The number of halogens is 1. The number of amides is 1. The highest BCUT2D eigenvalue weighted by Gasteiger charge is 2.15. The van der Waals surface area contributed by atoms with E-state index >= 15 is 0 Å². The van der Waals surface area contributed by atoms with Crippen molar-refractivity contribution in [3.05, 3.63) is 70.7 Å². The lowest BCUT2D eigenvalue weighted by Crippen LogP contribution is -2.16. The Morgan fingerprint density at radius 2 is 1.92 bits per heavy atom. The first-order valence-electron chi connectivity index (χ1n) is 7.29. The summed E-state index contributed by atoms with van der Waals surface area (Å²) in [5.74, 6) is -0.378. The van der Waals surface area contributed by atoms with Crippen LogP contribution in [0.4, 0.5) is 11.4 Å². The molecule has 0 saturated carbocycles. The smallest absolute Gasteiger partial charge is 0.276 e. The van der Waals surface area contributed by atoms with Gasteiger partial charge in [-0.3, -0.25) is 9.78 Å². The van der Waals surface area contributed by atoms with Crippen LogP contribution >= 0.6 is 15.9 Å². The Morgan fingerprint density at radius 1 is 1.12 bits per heavy atom. The Bertz CT molecular complexity index is 911. The highest BCUT2D eigenvalue weighted by Crippen LogP contribution is 2.30. The fourth-order valence-corrected chi connectivity index (χ4v) is 2.72. The largest absolute Gasteiger partial charge is 0.397 e. The minimum atomic E-state index is -0.378. The topological polar surface area (TPSA) is 80.9 Å². The number of aromatic nitrogens is 2. The van der Waals surface area contributed by atoms with E-state index in [2.05, 4.69) is 31.2 Å². The van der Waals surface area contributed by atoms with Gasteiger partial charge in [0.15, 0.2) is 5.69 Å². The molecule has 0 aliphatic rings. The lowest BCUT2D eigenvalue weighted by atomic mass is 10.0. The summed E-state index contributed by atoms with van der Waals surface area (Å²) in [4.78, 5) is 20.8. The molecule has 3 N–H and O–H groups in total. The summed E-state index contributed by atoms with van der Waals surface area (Å²) >= 11 is 3.25. The number of rotatable bonds is 3. The summed E-state index contributed by atoms with van der Waals surface area (Å²) in [6.07, 6.45) is 3.32. The Labute approximate surface area is 148 Å². The van der Waals surface area contributed by atoms with Gasteiger partial charge >= 0.3 is 0 Å². The van der Waals surface area contributed by atoms with Crippen LogP contribution in [-0.2, 0) is 0 Å². The summed E-state index contributed by atoms with van der Waals surface area (Å²) in [5.41, 5.74) is 9.99. The van der Waals surface area contributed by atoms with Crippen molar-refractivity contribution in [2.24, 2.45) is 0 Å². The molecule has 5 nitrogen and oxygen atoms in total. The van der Waals surface area contributed by atoms with E-state index in [0.717, 1.165) is 16.7 Å². The van der Waals surface area contributed by atoms with E-state index in [4.69, 9.17) is 5.73 Å². The first-order chi connectivity index (χ1) is 11.6. The van der Waals surface area contributed by atoms with Gasteiger partial charge in [-0.1, -0.05) is 24.3 Å². The van der Waals surface area contributed by atoms with Gasteiger partial charge in [0, 0.05) is 11.8 Å². The number of aryl methyl sites for hydroxylation is 1. The van der Waals surface area contributed by atoms with Crippen molar-refractivity contribution in [3.8, 4) is 11.1 Å². The molecule has 0 fully saturated rings. The number of pyridine rings is 2. The molecule has 1 amide bonds. The number of hydrogen-bond acceptors (Lipinski definition) is 4. The van der Waals surface area contributed by atoms with E-state index in [1.54, 1.807) is 24.5 Å². The van der Waals surface area contributed by atoms with Crippen LogP contribution in [0.25, 0.3) is 11.1 Å². The lowest BCUT2D eigenvalue weighted by molar-refractivity contribution is 0.102. The van der Waals surface area contributed by atoms with Gasteiger partial charge < -0.3 is 11.1 Å². The van der Waals surface area contributed by atoms with E-state index in [1.807, 2.05) is 37.3 Å². The third-order valence-electron chi connectivity index (χ3n) is 3.61. The monoisotopic (exact) mass is 382 g/mol. The molecule has 1 aromatic carbocycles. The van der Waals surface area contributed by atoms with E-state index in [9.17, 15) is 4.79 Å². The van der Waals surface area contributed by atoms with Gasteiger partial charge in [-0.25, -0.2) is 4.98 Å². The maximum absolute atomic E-state index is 12.6. The van der Waals surface area contributed by atoms with Crippen molar-refractivity contribution < 1.29 is 4.79 Å². The maximum atomic E-state index is 12.6. The average molecular weight is 383 g/mol.